The number of hydrogen-bond acceptors (Lipinski definition) is 2. The molecule has 0 fully saturated rings. The van der Waals surface area contributed by atoms with Gasteiger partial charge in [0, 0.05) is 18.0 Å². The van der Waals surface area contributed by atoms with E-state index in [2.05, 4.69) is 28.0 Å². The molecule has 2 rings (SSSR count). The van der Waals surface area contributed by atoms with Crippen molar-refractivity contribution in [2.75, 3.05) is 7.11 Å². The van der Waals surface area contributed by atoms with Crippen LogP contribution in [-0.4, -0.2) is 16.9 Å². The molecule has 0 amide bonds. The number of aromatic nitrogens is 2. The Hall–Kier alpha value is -1.03. The van der Waals surface area contributed by atoms with Crippen molar-refractivity contribution in [3.8, 4) is 5.75 Å². The summed E-state index contributed by atoms with van der Waals surface area (Å²) in [4.78, 5) is 0. The van der Waals surface area contributed by atoms with Crippen LogP contribution in [0.5, 0.6) is 5.75 Å². The Bertz CT molecular complexity index is 464. The van der Waals surface area contributed by atoms with Crippen LogP contribution >= 0.6 is 15.9 Å². The summed E-state index contributed by atoms with van der Waals surface area (Å²) >= 11 is 3.45. The number of benzene rings is 1. The van der Waals surface area contributed by atoms with Crippen molar-refractivity contribution >= 4 is 26.8 Å². The third kappa shape index (κ3) is 1.39. The number of nitrogens with zero attached hydrogens (tertiary/aromatic N) is 2. The first-order valence-electron chi connectivity index (χ1n) is 4.45. The molecule has 0 atom stereocenters. The third-order valence-corrected chi connectivity index (χ3v) is 2.83. The highest BCUT2D eigenvalue weighted by Gasteiger charge is 2.06. The van der Waals surface area contributed by atoms with Crippen LogP contribution in [0.1, 0.15) is 6.92 Å². The second-order valence-electron chi connectivity index (χ2n) is 3.01. The quantitative estimate of drug-likeness (QED) is 0.825. The van der Waals surface area contributed by atoms with Crippen LogP contribution in [0, 0.1) is 0 Å². The highest BCUT2D eigenvalue weighted by Crippen LogP contribution is 2.29. The Balaban J connectivity index is 2.70. The van der Waals surface area contributed by atoms with Gasteiger partial charge in [0.1, 0.15) is 5.75 Å². The molecule has 0 radical (unpaired) electrons. The van der Waals surface area contributed by atoms with Gasteiger partial charge >= 0.3 is 0 Å². The number of hydrogen-bond donors (Lipinski definition) is 0. The van der Waals surface area contributed by atoms with Gasteiger partial charge in [-0.3, -0.25) is 4.68 Å². The summed E-state index contributed by atoms with van der Waals surface area (Å²) in [7, 11) is 1.67. The molecule has 1 aromatic carbocycles. The van der Waals surface area contributed by atoms with Crippen LogP contribution in [0.25, 0.3) is 10.9 Å². The van der Waals surface area contributed by atoms with Crippen LogP contribution in [0.2, 0.25) is 0 Å². The molecule has 14 heavy (non-hydrogen) atoms. The summed E-state index contributed by atoms with van der Waals surface area (Å²) in [5.74, 6) is 0.840. The predicted octanol–water partition coefficient (Wildman–Crippen LogP) is 2.83. The molecular formula is C10H11BrN2O. The lowest BCUT2D eigenvalue weighted by molar-refractivity contribution is 0.412. The predicted molar refractivity (Wildman–Crippen MR) is 59.7 cm³/mol. The van der Waals surface area contributed by atoms with Crippen LogP contribution < -0.4 is 4.74 Å². The number of fused-ring (bicyclic) bond motifs is 1. The molecular weight excluding hydrogens is 244 g/mol. The van der Waals surface area contributed by atoms with E-state index in [1.54, 1.807) is 7.11 Å². The van der Waals surface area contributed by atoms with Crippen molar-refractivity contribution in [3.63, 3.8) is 0 Å². The molecule has 74 valence electrons. The van der Waals surface area contributed by atoms with Gasteiger partial charge in [-0.25, -0.2) is 0 Å². The van der Waals surface area contributed by atoms with Gasteiger partial charge in [0.15, 0.2) is 0 Å². The minimum absolute atomic E-state index is 0.840. The van der Waals surface area contributed by atoms with Gasteiger partial charge in [0.05, 0.1) is 23.3 Å². The summed E-state index contributed by atoms with van der Waals surface area (Å²) in [5, 5.41) is 5.40. The van der Waals surface area contributed by atoms with Crippen molar-refractivity contribution in [3.05, 3.63) is 22.8 Å². The Morgan fingerprint density at radius 1 is 1.50 bits per heavy atom. The first kappa shape index (κ1) is 9.52. The van der Waals surface area contributed by atoms with Gasteiger partial charge < -0.3 is 4.74 Å². The van der Waals surface area contributed by atoms with E-state index >= 15 is 0 Å². The molecule has 3 nitrogen and oxygen atoms in total. The Kier molecular flexibility index (Phi) is 2.46. The second-order valence-corrected chi connectivity index (χ2v) is 3.86. The molecule has 0 aliphatic carbocycles. The molecule has 0 aliphatic heterocycles. The van der Waals surface area contributed by atoms with E-state index in [4.69, 9.17) is 4.74 Å². The van der Waals surface area contributed by atoms with E-state index in [1.165, 1.54) is 0 Å². The molecule has 2 aromatic rings. The summed E-state index contributed by atoms with van der Waals surface area (Å²) in [5.41, 5.74) is 1.10. The Morgan fingerprint density at radius 2 is 2.29 bits per heavy atom. The van der Waals surface area contributed by atoms with Crippen LogP contribution in [0.3, 0.4) is 0 Å². The number of methoxy groups -OCH3 is 1. The van der Waals surface area contributed by atoms with Crippen LogP contribution in [-0.2, 0) is 6.54 Å². The fourth-order valence-corrected chi connectivity index (χ4v) is 2.01. The zero-order chi connectivity index (χ0) is 10.1. The van der Waals surface area contributed by atoms with Gasteiger partial charge in [0.2, 0.25) is 0 Å². The number of ether oxygens (including phenoxy) is 1. The molecule has 1 heterocycles. The van der Waals surface area contributed by atoms with E-state index in [0.717, 1.165) is 27.7 Å². The maximum atomic E-state index is 5.23. The van der Waals surface area contributed by atoms with Gasteiger partial charge in [-0.2, -0.15) is 5.10 Å². The molecule has 0 saturated carbocycles. The standard InChI is InChI=1S/C10H11BrN2O/c1-3-13-9-5-10(14-2)8(11)4-7(9)6-12-13/h4-6H,3H2,1-2H3. The van der Waals surface area contributed by atoms with Crippen molar-refractivity contribution in [2.24, 2.45) is 0 Å². The average Bonchev–Trinajstić information content (AvgIpc) is 2.58. The smallest absolute Gasteiger partial charge is 0.135 e. The second kappa shape index (κ2) is 3.61. The normalized spacial score (nSPS) is 10.8. The van der Waals surface area contributed by atoms with E-state index < -0.39 is 0 Å². The average molecular weight is 255 g/mol. The van der Waals surface area contributed by atoms with Crippen LogP contribution in [0.4, 0.5) is 0 Å². The summed E-state index contributed by atoms with van der Waals surface area (Å²) in [6, 6.07) is 4.02. The molecule has 0 saturated heterocycles. The lowest BCUT2D eigenvalue weighted by Crippen LogP contribution is -1.95. The highest BCUT2D eigenvalue weighted by atomic mass is 79.9. The molecule has 0 N–H and O–H groups in total. The monoisotopic (exact) mass is 254 g/mol. The maximum Gasteiger partial charge on any atom is 0.135 e. The van der Waals surface area contributed by atoms with Crippen LogP contribution in [0.15, 0.2) is 22.8 Å². The highest BCUT2D eigenvalue weighted by molar-refractivity contribution is 9.10. The lowest BCUT2D eigenvalue weighted by Gasteiger charge is -2.04. The zero-order valence-electron chi connectivity index (χ0n) is 8.12. The number of rotatable bonds is 2. The minimum Gasteiger partial charge on any atom is -0.495 e. The van der Waals surface area contributed by atoms with Crippen molar-refractivity contribution in [2.45, 2.75) is 13.5 Å². The van der Waals surface area contributed by atoms with Gasteiger partial charge in [-0.1, -0.05) is 0 Å². The topological polar surface area (TPSA) is 27.1 Å². The Morgan fingerprint density at radius 3 is 2.93 bits per heavy atom. The molecule has 0 bridgehead atoms. The molecule has 0 spiro atoms. The van der Waals surface area contributed by atoms with E-state index in [-0.39, 0.29) is 0 Å². The fraction of sp³-hybridized carbons (Fsp3) is 0.300. The first-order chi connectivity index (χ1) is 6.76. The van der Waals surface area contributed by atoms with E-state index in [9.17, 15) is 0 Å². The van der Waals surface area contributed by atoms with E-state index in [1.807, 2.05) is 23.0 Å². The molecule has 0 aliphatic rings. The lowest BCUT2D eigenvalue weighted by atomic mass is 10.2. The SMILES string of the molecule is CCn1ncc2cc(Br)c(OC)cc21. The molecule has 0 unspecified atom stereocenters. The zero-order valence-corrected chi connectivity index (χ0v) is 9.71. The van der Waals surface area contributed by atoms with Crippen molar-refractivity contribution < 1.29 is 4.74 Å². The summed E-state index contributed by atoms with van der Waals surface area (Å²) in [6.45, 7) is 2.94. The first-order valence-corrected chi connectivity index (χ1v) is 5.24. The molecule has 1 aromatic heterocycles. The van der Waals surface area contributed by atoms with Gasteiger partial charge in [-0.05, 0) is 28.9 Å². The minimum atomic E-state index is 0.840. The van der Waals surface area contributed by atoms with Crippen molar-refractivity contribution in [1.82, 2.24) is 9.78 Å². The summed E-state index contributed by atoms with van der Waals surface area (Å²) in [6.07, 6.45) is 1.86. The van der Waals surface area contributed by atoms with Crippen molar-refractivity contribution in [1.29, 1.82) is 0 Å². The largest absolute Gasteiger partial charge is 0.495 e. The third-order valence-electron chi connectivity index (χ3n) is 2.21. The summed E-state index contributed by atoms with van der Waals surface area (Å²) < 4.78 is 8.14. The number of halogens is 1. The Labute approximate surface area is 90.8 Å². The maximum absolute atomic E-state index is 5.23. The number of aryl methyl sites for hydroxylation is 1. The molecule has 4 heteroatoms. The van der Waals surface area contributed by atoms with E-state index in [0.29, 0.717) is 0 Å². The van der Waals surface area contributed by atoms with Gasteiger partial charge in [-0.15, -0.1) is 0 Å². The fourth-order valence-electron chi connectivity index (χ4n) is 1.49. The van der Waals surface area contributed by atoms with Gasteiger partial charge in [0.25, 0.3) is 0 Å².